The van der Waals surface area contributed by atoms with E-state index in [9.17, 15) is 8.42 Å². The van der Waals surface area contributed by atoms with Crippen LogP contribution in [0.2, 0.25) is 0 Å². The second kappa shape index (κ2) is 7.33. The predicted octanol–water partition coefficient (Wildman–Crippen LogP) is 2.23. The summed E-state index contributed by atoms with van der Waals surface area (Å²) in [6, 6.07) is 8.56. The first kappa shape index (κ1) is 15.7. The summed E-state index contributed by atoms with van der Waals surface area (Å²) < 4.78 is 24.5. The molecular weight excluding hydrogens is 312 g/mol. The first-order chi connectivity index (χ1) is 9.54. The van der Waals surface area contributed by atoms with Gasteiger partial charge in [-0.3, -0.25) is 0 Å². The Labute approximate surface area is 127 Å². The molecule has 0 aliphatic carbocycles. The number of rotatable bonds is 8. The summed E-state index contributed by atoms with van der Waals surface area (Å²) in [6.07, 6.45) is 2.10. The molecule has 0 amide bonds. The molecule has 2 aromatic rings. The second-order valence-corrected chi connectivity index (χ2v) is 8.32. The molecule has 0 radical (unpaired) electrons. The molecule has 0 spiro atoms. The van der Waals surface area contributed by atoms with Gasteiger partial charge in [0.25, 0.3) is 0 Å². The minimum absolute atomic E-state index is 0.231. The van der Waals surface area contributed by atoms with Gasteiger partial charge < -0.3 is 5.32 Å². The fourth-order valence-electron chi connectivity index (χ4n) is 1.88. The van der Waals surface area contributed by atoms with Gasteiger partial charge in [0.1, 0.15) is 0 Å². The first-order valence-electron chi connectivity index (χ1n) is 6.28. The summed E-state index contributed by atoms with van der Waals surface area (Å²) in [5.41, 5.74) is 0. The molecule has 7 heteroatoms. The molecule has 4 nitrogen and oxygen atoms in total. The summed E-state index contributed by atoms with van der Waals surface area (Å²) in [6.45, 7) is 1.02. The highest BCUT2D eigenvalue weighted by Gasteiger charge is 2.13. The van der Waals surface area contributed by atoms with Crippen LogP contribution in [-0.2, 0) is 16.4 Å². The van der Waals surface area contributed by atoms with E-state index in [4.69, 9.17) is 0 Å². The van der Waals surface area contributed by atoms with Crippen molar-refractivity contribution in [3.05, 3.63) is 44.8 Å². The molecule has 110 valence electrons. The number of sulfonamides is 1. The zero-order valence-electron chi connectivity index (χ0n) is 11.2. The number of nitrogens with one attached hydrogen (secondary N) is 2. The van der Waals surface area contributed by atoms with Crippen molar-refractivity contribution in [3.8, 4) is 0 Å². The number of hydrogen-bond acceptors (Lipinski definition) is 5. The van der Waals surface area contributed by atoms with Crippen molar-refractivity contribution < 1.29 is 8.42 Å². The lowest BCUT2D eigenvalue weighted by atomic mass is 10.1. The topological polar surface area (TPSA) is 58.2 Å². The van der Waals surface area contributed by atoms with Gasteiger partial charge in [0.2, 0.25) is 10.0 Å². The molecule has 0 bridgehead atoms. The molecule has 2 rings (SSSR count). The molecule has 2 heterocycles. The summed E-state index contributed by atoms with van der Waals surface area (Å²) in [4.78, 5) is 2.60. The Bertz CT molecular complexity index is 592. The molecule has 20 heavy (non-hydrogen) atoms. The molecule has 1 atom stereocenters. The van der Waals surface area contributed by atoms with E-state index in [-0.39, 0.29) is 6.04 Å². The Kier molecular flexibility index (Phi) is 5.74. The summed E-state index contributed by atoms with van der Waals surface area (Å²) in [5.74, 6) is 0. The molecule has 0 aliphatic heterocycles. The molecule has 2 N–H and O–H groups in total. The van der Waals surface area contributed by atoms with E-state index >= 15 is 0 Å². The van der Waals surface area contributed by atoms with Gasteiger partial charge in [-0.2, -0.15) is 0 Å². The molecular formula is C13H18N2O2S3. The highest BCUT2D eigenvalue weighted by atomic mass is 32.2. The first-order valence-corrected chi connectivity index (χ1v) is 9.93. The smallest absolute Gasteiger partial charge is 0.208 e. The zero-order valence-corrected chi connectivity index (χ0v) is 13.7. The predicted molar refractivity (Wildman–Crippen MR) is 85.9 cm³/mol. The third kappa shape index (κ3) is 5.34. The Morgan fingerprint density at radius 1 is 1.15 bits per heavy atom. The van der Waals surface area contributed by atoms with Gasteiger partial charge in [0.05, 0.1) is 6.26 Å². The minimum atomic E-state index is -3.11. The fraction of sp³-hybridized carbons (Fsp3) is 0.385. The highest BCUT2D eigenvalue weighted by molar-refractivity contribution is 7.88. The maximum absolute atomic E-state index is 11.0. The summed E-state index contributed by atoms with van der Waals surface area (Å²) in [5, 5.41) is 7.56. The van der Waals surface area contributed by atoms with Gasteiger partial charge >= 0.3 is 0 Å². The van der Waals surface area contributed by atoms with Crippen LogP contribution in [0.1, 0.15) is 15.8 Å². The molecule has 0 saturated heterocycles. The molecule has 0 fully saturated rings. The molecule has 0 aromatic carbocycles. The quantitative estimate of drug-likeness (QED) is 0.730. The van der Waals surface area contributed by atoms with E-state index in [1.165, 1.54) is 16.0 Å². The van der Waals surface area contributed by atoms with Crippen LogP contribution in [0.4, 0.5) is 0 Å². The monoisotopic (exact) mass is 330 g/mol. The summed E-state index contributed by atoms with van der Waals surface area (Å²) >= 11 is 3.47. The van der Waals surface area contributed by atoms with Crippen LogP contribution in [0.3, 0.4) is 0 Å². The van der Waals surface area contributed by atoms with E-state index in [0.29, 0.717) is 13.1 Å². The van der Waals surface area contributed by atoms with Crippen LogP contribution < -0.4 is 10.0 Å². The van der Waals surface area contributed by atoms with E-state index in [0.717, 1.165) is 6.42 Å². The van der Waals surface area contributed by atoms with E-state index < -0.39 is 10.0 Å². The Balaban J connectivity index is 1.90. The zero-order chi connectivity index (χ0) is 14.4. The van der Waals surface area contributed by atoms with Gasteiger partial charge in [-0.1, -0.05) is 12.1 Å². The maximum atomic E-state index is 11.0. The van der Waals surface area contributed by atoms with Crippen LogP contribution in [0.5, 0.6) is 0 Å². The van der Waals surface area contributed by atoms with E-state index in [1.54, 1.807) is 22.7 Å². The van der Waals surface area contributed by atoms with Crippen molar-refractivity contribution in [2.75, 3.05) is 19.3 Å². The highest BCUT2D eigenvalue weighted by Crippen LogP contribution is 2.24. The van der Waals surface area contributed by atoms with Crippen LogP contribution in [0.25, 0.3) is 0 Å². The summed E-state index contributed by atoms with van der Waals surface area (Å²) in [7, 11) is -3.11. The standard InChI is InChI=1S/C13H18N2O2S3/c1-20(16,17)15-7-6-14-12(13-5-3-9-19-13)10-11-4-2-8-18-11/h2-5,8-9,12,14-15H,6-7,10H2,1H3. The number of hydrogen-bond donors (Lipinski definition) is 2. The third-order valence-corrected chi connectivity index (χ3v) is 5.37. The van der Waals surface area contributed by atoms with Crippen molar-refractivity contribution >= 4 is 32.7 Å². The number of thiophene rings is 2. The van der Waals surface area contributed by atoms with Crippen molar-refractivity contribution in [1.82, 2.24) is 10.0 Å². The van der Waals surface area contributed by atoms with Gasteiger partial charge in [-0.05, 0) is 22.9 Å². The molecule has 0 saturated carbocycles. The lowest BCUT2D eigenvalue weighted by molar-refractivity contribution is 0.534. The SMILES string of the molecule is CS(=O)(=O)NCCNC(Cc1cccs1)c1cccs1. The Morgan fingerprint density at radius 3 is 2.50 bits per heavy atom. The average molecular weight is 331 g/mol. The second-order valence-electron chi connectivity index (χ2n) is 4.47. The van der Waals surface area contributed by atoms with E-state index in [2.05, 4.69) is 39.0 Å². The third-order valence-electron chi connectivity index (χ3n) is 2.75. The maximum Gasteiger partial charge on any atom is 0.208 e. The fourth-order valence-corrected chi connectivity index (χ4v) is 3.90. The van der Waals surface area contributed by atoms with Crippen LogP contribution >= 0.6 is 22.7 Å². The minimum Gasteiger partial charge on any atom is -0.308 e. The lowest BCUT2D eigenvalue weighted by Gasteiger charge is -2.17. The Morgan fingerprint density at radius 2 is 1.90 bits per heavy atom. The van der Waals surface area contributed by atoms with Gasteiger partial charge in [0.15, 0.2) is 0 Å². The Hall–Kier alpha value is -0.730. The van der Waals surface area contributed by atoms with Gasteiger partial charge in [-0.15, -0.1) is 22.7 Å². The van der Waals surface area contributed by atoms with Crippen LogP contribution in [0.15, 0.2) is 35.0 Å². The molecule has 0 aliphatic rings. The normalized spacial score (nSPS) is 13.4. The molecule has 1 unspecified atom stereocenters. The van der Waals surface area contributed by atoms with E-state index in [1.807, 2.05) is 6.07 Å². The molecule has 2 aromatic heterocycles. The van der Waals surface area contributed by atoms with Crippen molar-refractivity contribution in [3.63, 3.8) is 0 Å². The largest absolute Gasteiger partial charge is 0.308 e. The lowest BCUT2D eigenvalue weighted by Crippen LogP contribution is -2.33. The van der Waals surface area contributed by atoms with Crippen molar-refractivity contribution in [2.24, 2.45) is 0 Å². The van der Waals surface area contributed by atoms with Crippen LogP contribution in [0, 0.1) is 0 Å². The van der Waals surface area contributed by atoms with Crippen molar-refractivity contribution in [1.29, 1.82) is 0 Å². The van der Waals surface area contributed by atoms with Crippen LogP contribution in [-0.4, -0.2) is 27.8 Å². The van der Waals surface area contributed by atoms with Crippen molar-refractivity contribution in [2.45, 2.75) is 12.5 Å². The van der Waals surface area contributed by atoms with Gasteiger partial charge in [-0.25, -0.2) is 13.1 Å². The average Bonchev–Trinajstić information content (AvgIpc) is 3.04. The van der Waals surface area contributed by atoms with Gasteiger partial charge in [0, 0.05) is 35.3 Å².